The van der Waals surface area contributed by atoms with E-state index in [9.17, 15) is 4.79 Å². The molecule has 5 heteroatoms. The molecule has 1 amide bonds. The SMILES string of the molecule is NC1CCN(CC(=O)N2CCN(C3CCCC3)CC2)CC1. The number of nitrogens with two attached hydrogens (primary N) is 1. The molecule has 0 spiro atoms. The maximum absolute atomic E-state index is 12.4. The Balaban J connectivity index is 1.40. The average molecular weight is 294 g/mol. The van der Waals surface area contributed by atoms with E-state index >= 15 is 0 Å². The second-order valence-electron chi connectivity index (χ2n) is 6.97. The van der Waals surface area contributed by atoms with Gasteiger partial charge in [-0.3, -0.25) is 14.6 Å². The summed E-state index contributed by atoms with van der Waals surface area (Å²) in [6.07, 6.45) is 7.57. The Morgan fingerprint density at radius 3 is 2.14 bits per heavy atom. The first kappa shape index (κ1) is 15.3. The summed E-state index contributed by atoms with van der Waals surface area (Å²) in [5.41, 5.74) is 5.92. The summed E-state index contributed by atoms with van der Waals surface area (Å²) in [6, 6.07) is 1.14. The Bertz CT molecular complexity index is 340. The number of nitrogens with zero attached hydrogens (tertiary/aromatic N) is 3. The number of piperazine rings is 1. The summed E-state index contributed by atoms with van der Waals surface area (Å²) < 4.78 is 0. The average Bonchev–Trinajstić information content (AvgIpc) is 3.04. The molecule has 120 valence electrons. The number of rotatable bonds is 3. The predicted molar refractivity (Wildman–Crippen MR) is 84.1 cm³/mol. The molecule has 0 unspecified atom stereocenters. The van der Waals surface area contributed by atoms with Gasteiger partial charge in [0.2, 0.25) is 5.91 Å². The molecule has 0 atom stereocenters. The van der Waals surface area contributed by atoms with Gasteiger partial charge in [0.1, 0.15) is 0 Å². The summed E-state index contributed by atoms with van der Waals surface area (Å²) in [4.78, 5) is 19.4. The third-order valence-corrected chi connectivity index (χ3v) is 5.50. The lowest BCUT2D eigenvalue weighted by molar-refractivity contribution is -0.134. The highest BCUT2D eigenvalue weighted by atomic mass is 16.2. The van der Waals surface area contributed by atoms with Crippen molar-refractivity contribution in [2.24, 2.45) is 5.73 Å². The normalized spacial score (nSPS) is 27.4. The highest BCUT2D eigenvalue weighted by Crippen LogP contribution is 2.24. The van der Waals surface area contributed by atoms with Gasteiger partial charge in [0, 0.05) is 51.4 Å². The second-order valence-corrected chi connectivity index (χ2v) is 6.97. The van der Waals surface area contributed by atoms with Gasteiger partial charge in [0.15, 0.2) is 0 Å². The molecule has 1 aliphatic carbocycles. The zero-order chi connectivity index (χ0) is 14.7. The Morgan fingerprint density at radius 2 is 1.52 bits per heavy atom. The zero-order valence-corrected chi connectivity index (χ0v) is 13.2. The fourth-order valence-corrected chi connectivity index (χ4v) is 4.01. The van der Waals surface area contributed by atoms with E-state index in [1.165, 1.54) is 25.7 Å². The van der Waals surface area contributed by atoms with Crippen LogP contribution in [0.25, 0.3) is 0 Å². The van der Waals surface area contributed by atoms with Crippen LogP contribution in [-0.4, -0.2) is 78.5 Å². The van der Waals surface area contributed by atoms with Crippen molar-refractivity contribution in [3.63, 3.8) is 0 Å². The van der Waals surface area contributed by atoms with Crippen LogP contribution in [0.5, 0.6) is 0 Å². The molecule has 3 aliphatic rings. The van der Waals surface area contributed by atoms with Crippen molar-refractivity contribution in [1.82, 2.24) is 14.7 Å². The van der Waals surface area contributed by atoms with Gasteiger partial charge >= 0.3 is 0 Å². The lowest BCUT2D eigenvalue weighted by Gasteiger charge is -2.39. The maximum Gasteiger partial charge on any atom is 0.236 e. The Kier molecular flexibility index (Phi) is 5.14. The first-order chi connectivity index (χ1) is 10.2. The van der Waals surface area contributed by atoms with Crippen molar-refractivity contribution in [3.8, 4) is 0 Å². The predicted octanol–water partition coefficient (Wildman–Crippen LogP) is 0.496. The Labute approximate surface area is 128 Å². The van der Waals surface area contributed by atoms with Crippen LogP contribution < -0.4 is 5.73 Å². The molecular formula is C16H30N4O. The van der Waals surface area contributed by atoms with Crippen molar-refractivity contribution in [1.29, 1.82) is 0 Å². The van der Waals surface area contributed by atoms with Crippen LogP contribution in [0.15, 0.2) is 0 Å². The number of piperidine rings is 1. The van der Waals surface area contributed by atoms with E-state index in [0.717, 1.165) is 58.2 Å². The molecule has 1 saturated carbocycles. The van der Waals surface area contributed by atoms with Crippen LogP contribution in [0.4, 0.5) is 0 Å². The van der Waals surface area contributed by atoms with Gasteiger partial charge in [-0.05, 0) is 25.7 Å². The smallest absolute Gasteiger partial charge is 0.236 e. The van der Waals surface area contributed by atoms with Crippen LogP contribution in [0.3, 0.4) is 0 Å². The molecule has 0 aromatic rings. The Morgan fingerprint density at radius 1 is 0.905 bits per heavy atom. The lowest BCUT2D eigenvalue weighted by atomic mass is 10.1. The molecule has 21 heavy (non-hydrogen) atoms. The van der Waals surface area contributed by atoms with Crippen molar-refractivity contribution >= 4 is 5.91 Å². The molecule has 0 radical (unpaired) electrons. The van der Waals surface area contributed by atoms with Crippen LogP contribution in [0.2, 0.25) is 0 Å². The number of hydrogen-bond acceptors (Lipinski definition) is 4. The fraction of sp³-hybridized carbons (Fsp3) is 0.938. The van der Waals surface area contributed by atoms with Gasteiger partial charge in [-0.2, -0.15) is 0 Å². The van der Waals surface area contributed by atoms with Gasteiger partial charge in [0.05, 0.1) is 6.54 Å². The summed E-state index contributed by atoms with van der Waals surface area (Å²) in [7, 11) is 0. The number of likely N-dealkylation sites (tertiary alicyclic amines) is 1. The van der Waals surface area contributed by atoms with Gasteiger partial charge in [0.25, 0.3) is 0 Å². The van der Waals surface area contributed by atoms with Crippen molar-refractivity contribution < 1.29 is 4.79 Å². The van der Waals surface area contributed by atoms with Crippen LogP contribution in [0.1, 0.15) is 38.5 Å². The highest BCUT2D eigenvalue weighted by Gasteiger charge is 2.28. The molecule has 0 bridgehead atoms. The van der Waals surface area contributed by atoms with Crippen molar-refractivity contribution in [2.45, 2.75) is 50.6 Å². The van der Waals surface area contributed by atoms with Gasteiger partial charge in [-0.15, -0.1) is 0 Å². The molecule has 2 saturated heterocycles. The van der Waals surface area contributed by atoms with E-state index in [1.54, 1.807) is 0 Å². The van der Waals surface area contributed by atoms with Crippen molar-refractivity contribution in [3.05, 3.63) is 0 Å². The Hall–Kier alpha value is -0.650. The number of carbonyl (C=O) groups is 1. The molecule has 2 aliphatic heterocycles. The summed E-state index contributed by atoms with van der Waals surface area (Å²) in [6.45, 7) is 6.54. The number of hydrogen-bond donors (Lipinski definition) is 1. The van der Waals surface area contributed by atoms with E-state index in [4.69, 9.17) is 5.73 Å². The molecule has 0 aromatic carbocycles. The third-order valence-electron chi connectivity index (χ3n) is 5.50. The van der Waals surface area contributed by atoms with Crippen molar-refractivity contribution in [2.75, 3.05) is 45.8 Å². The minimum absolute atomic E-state index is 0.316. The van der Waals surface area contributed by atoms with Gasteiger partial charge in [-0.25, -0.2) is 0 Å². The molecule has 3 fully saturated rings. The highest BCUT2D eigenvalue weighted by molar-refractivity contribution is 5.78. The van der Waals surface area contributed by atoms with Gasteiger partial charge in [-0.1, -0.05) is 12.8 Å². The number of carbonyl (C=O) groups excluding carboxylic acids is 1. The standard InChI is InChI=1S/C16H30N4O/c17-14-5-7-18(8-6-14)13-16(21)20-11-9-19(10-12-20)15-3-1-2-4-15/h14-15H,1-13,17H2. The molecule has 2 heterocycles. The first-order valence-corrected chi connectivity index (χ1v) is 8.72. The van der Waals surface area contributed by atoms with E-state index in [1.807, 2.05) is 0 Å². The van der Waals surface area contributed by atoms with E-state index < -0.39 is 0 Å². The minimum Gasteiger partial charge on any atom is -0.339 e. The molecular weight excluding hydrogens is 264 g/mol. The van der Waals surface area contributed by atoms with Crippen LogP contribution in [0, 0.1) is 0 Å². The quantitative estimate of drug-likeness (QED) is 0.823. The maximum atomic E-state index is 12.4. The molecule has 0 aromatic heterocycles. The second kappa shape index (κ2) is 7.07. The first-order valence-electron chi connectivity index (χ1n) is 8.72. The molecule has 3 rings (SSSR count). The van der Waals surface area contributed by atoms with Crippen LogP contribution >= 0.6 is 0 Å². The minimum atomic E-state index is 0.316. The summed E-state index contributed by atoms with van der Waals surface area (Å²) in [5, 5.41) is 0. The van der Waals surface area contributed by atoms with Gasteiger partial charge < -0.3 is 10.6 Å². The molecule has 5 nitrogen and oxygen atoms in total. The number of amides is 1. The van der Waals surface area contributed by atoms with E-state index in [2.05, 4.69) is 14.7 Å². The zero-order valence-electron chi connectivity index (χ0n) is 13.2. The topological polar surface area (TPSA) is 52.8 Å². The monoisotopic (exact) mass is 294 g/mol. The van der Waals surface area contributed by atoms with E-state index in [-0.39, 0.29) is 0 Å². The lowest BCUT2D eigenvalue weighted by Crippen LogP contribution is -2.54. The summed E-state index contributed by atoms with van der Waals surface area (Å²) >= 11 is 0. The fourth-order valence-electron chi connectivity index (χ4n) is 4.01. The summed E-state index contributed by atoms with van der Waals surface area (Å²) in [5.74, 6) is 0.316. The van der Waals surface area contributed by atoms with Crippen LogP contribution in [-0.2, 0) is 4.79 Å². The molecule has 2 N–H and O–H groups in total. The largest absolute Gasteiger partial charge is 0.339 e. The van der Waals surface area contributed by atoms with E-state index in [0.29, 0.717) is 18.5 Å². The third kappa shape index (κ3) is 3.96.